The molecule has 4 heteroatoms. The second kappa shape index (κ2) is 9.27. The molecule has 0 saturated heterocycles. The molecule has 26 heavy (non-hydrogen) atoms. The number of ether oxygens (including phenoxy) is 2. The van der Waals surface area contributed by atoms with Gasteiger partial charge >= 0.3 is 0 Å². The quantitative estimate of drug-likeness (QED) is 0.647. The Kier molecular flexibility index (Phi) is 6.53. The summed E-state index contributed by atoms with van der Waals surface area (Å²) in [6, 6.07) is 24.2. The number of quaternary nitrogens is 1. The average molecular weight is 369 g/mol. The molecule has 3 rings (SSSR count). The molecule has 0 amide bonds. The third-order valence-corrected chi connectivity index (χ3v) is 4.39. The van der Waals surface area contributed by atoms with Crippen LogP contribution >= 0.6 is 11.6 Å². The smallest absolute Gasteiger partial charge is 0.120 e. The molecule has 2 N–H and O–H groups in total. The van der Waals surface area contributed by atoms with Crippen LogP contribution in [0.3, 0.4) is 0 Å². The molecule has 0 unspecified atom stereocenters. The van der Waals surface area contributed by atoms with Crippen LogP contribution in [0.1, 0.15) is 16.7 Å². The largest absolute Gasteiger partial charge is 0.497 e. The third-order valence-electron chi connectivity index (χ3n) is 4.14. The van der Waals surface area contributed by atoms with Crippen molar-refractivity contribution in [3.8, 4) is 11.5 Å². The highest BCUT2D eigenvalue weighted by molar-refractivity contribution is 6.30. The molecule has 0 saturated carbocycles. The number of hydrogen-bond donors (Lipinski definition) is 1. The number of hydrogen-bond acceptors (Lipinski definition) is 2. The highest BCUT2D eigenvalue weighted by Gasteiger charge is 2.02. The molecule has 134 valence electrons. The fourth-order valence-electron chi connectivity index (χ4n) is 2.68. The predicted octanol–water partition coefficient (Wildman–Crippen LogP) is 4.19. The van der Waals surface area contributed by atoms with Gasteiger partial charge in [-0.2, -0.15) is 0 Å². The van der Waals surface area contributed by atoms with E-state index in [-0.39, 0.29) is 0 Å². The Hall–Kier alpha value is -2.49. The molecule has 0 bridgehead atoms. The van der Waals surface area contributed by atoms with Gasteiger partial charge < -0.3 is 14.8 Å². The Morgan fingerprint density at radius 2 is 1.46 bits per heavy atom. The molecule has 0 aromatic heterocycles. The second-order valence-electron chi connectivity index (χ2n) is 6.11. The maximum atomic E-state index is 5.91. The zero-order valence-electron chi connectivity index (χ0n) is 14.8. The molecule has 3 nitrogen and oxygen atoms in total. The summed E-state index contributed by atoms with van der Waals surface area (Å²) in [5.74, 6) is 1.77. The standard InChI is InChI=1S/C22H22ClNO2/c1-25-21-11-7-17(8-12-21)14-24-15-19-3-2-4-22(13-19)26-16-18-5-9-20(23)10-6-18/h2-13,24H,14-16H2,1H3/p+1. The minimum absolute atomic E-state index is 0.538. The molecule has 0 aliphatic carbocycles. The second-order valence-corrected chi connectivity index (χ2v) is 6.54. The average Bonchev–Trinajstić information content (AvgIpc) is 2.68. The zero-order valence-corrected chi connectivity index (χ0v) is 15.6. The van der Waals surface area contributed by atoms with Gasteiger partial charge in [-0.15, -0.1) is 0 Å². The van der Waals surface area contributed by atoms with E-state index in [9.17, 15) is 0 Å². The first-order valence-corrected chi connectivity index (χ1v) is 9.01. The lowest BCUT2D eigenvalue weighted by atomic mass is 10.2. The van der Waals surface area contributed by atoms with Gasteiger partial charge in [0.2, 0.25) is 0 Å². The molecule has 0 radical (unpaired) electrons. The van der Waals surface area contributed by atoms with Crippen LogP contribution in [0.2, 0.25) is 5.02 Å². The zero-order chi connectivity index (χ0) is 18.2. The third kappa shape index (κ3) is 5.51. The Bertz CT molecular complexity index is 816. The molecule has 0 fully saturated rings. The molecular weight excluding hydrogens is 346 g/mol. The summed E-state index contributed by atoms with van der Waals surface area (Å²) < 4.78 is 11.1. The van der Waals surface area contributed by atoms with E-state index in [2.05, 4.69) is 29.6 Å². The Balaban J connectivity index is 1.49. The van der Waals surface area contributed by atoms with Gasteiger partial charge in [0.25, 0.3) is 0 Å². The van der Waals surface area contributed by atoms with Gasteiger partial charge in [-0.1, -0.05) is 35.9 Å². The van der Waals surface area contributed by atoms with Crippen molar-refractivity contribution in [2.24, 2.45) is 0 Å². The van der Waals surface area contributed by atoms with Crippen molar-refractivity contribution in [3.63, 3.8) is 0 Å². The maximum absolute atomic E-state index is 5.91. The summed E-state index contributed by atoms with van der Waals surface area (Å²) >= 11 is 5.91. The number of rotatable bonds is 8. The van der Waals surface area contributed by atoms with Crippen molar-refractivity contribution in [1.29, 1.82) is 0 Å². The Labute approximate surface area is 159 Å². The van der Waals surface area contributed by atoms with Gasteiger partial charge in [0, 0.05) is 16.1 Å². The van der Waals surface area contributed by atoms with E-state index < -0.39 is 0 Å². The van der Waals surface area contributed by atoms with Gasteiger partial charge in [-0.05, 0) is 54.1 Å². The monoisotopic (exact) mass is 368 g/mol. The van der Waals surface area contributed by atoms with Crippen molar-refractivity contribution in [2.75, 3.05) is 7.11 Å². The van der Waals surface area contributed by atoms with Crippen LogP contribution in [0.4, 0.5) is 0 Å². The number of nitrogens with two attached hydrogens (primary N) is 1. The van der Waals surface area contributed by atoms with Crippen LogP contribution in [0.15, 0.2) is 72.8 Å². The van der Waals surface area contributed by atoms with Gasteiger partial charge in [0.1, 0.15) is 31.2 Å². The fraction of sp³-hybridized carbons (Fsp3) is 0.182. The lowest BCUT2D eigenvalue weighted by molar-refractivity contribution is -0.686. The molecule has 3 aromatic carbocycles. The maximum Gasteiger partial charge on any atom is 0.120 e. The fourth-order valence-corrected chi connectivity index (χ4v) is 2.80. The van der Waals surface area contributed by atoms with Crippen molar-refractivity contribution >= 4 is 11.6 Å². The summed E-state index contributed by atoms with van der Waals surface area (Å²) in [4.78, 5) is 0. The normalized spacial score (nSPS) is 10.5. The molecule has 0 aliphatic rings. The van der Waals surface area contributed by atoms with Crippen molar-refractivity contribution < 1.29 is 14.8 Å². The van der Waals surface area contributed by atoms with Crippen LogP contribution in [-0.2, 0) is 19.7 Å². The van der Waals surface area contributed by atoms with Crippen LogP contribution in [0.25, 0.3) is 0 Å². The van der Waals surface area contributed by atoms with E-state index in [4.69, 9.17) is 21.1 Å². The van der Waals surface area contributed by atoms with Crippen molar-refractivity contribution in [2.45, 2.75) is 19.7 Å². The topological polar surface area (TPSA) is 35.1 Å². The van der Waals surface area contributed by atoms with Crippen molar-refractivity contribution in [1.82, 2.24) is 0 Å². The minimum Gasteiger partial charge on any atom is -0.497 e. The number of benzene rings is 3. The molecule has 3 aromatic rings. The summed E-state index contributed by atoms with van der Waals surface area (Å²) in [7, 11) is 1.68. The van der Waals surface area contributed by atoms with E-state index in [0.29, 0.717) is 6.61 Å². The summed E-state index contributed by atoms with van der Waals surface area (Å²) in [6.07, 6.45) is 0. The Morgan fingerprint density at radius 1 is 0.769 bits per heavy atom. The Morgan fingerprint density at radius 3 is 2.19 bits per heavy atom. The van der Waals surface area contributed by atoms with E-state index in [0.717, 1.165) is 35.2 Å². The van der Waals surface area contributed by atoms with Crippen molar-refractivity contribution in [3.05, 3.63) is 94.5 Å². The summed E-state index contributed by atoms with van der Waals surface area (Å²) in [5, 5.41) is 3.02. The van der Waals surface area contributed by atoms with Gasteiger partial charge in [0.15, 0.2) is 0 Å². The van der Waals surface area contributed by atoms with Crippen LogP contribution < -0.4 is 14.8 Å². The summed E-state index contributed by atoms with van der Waals surface area (Å²) in [6.45, 7) is 2.38. The molecule has 0 heterocycles. The first-order chi connectivity index (χ1) is 12.7. The molecule has 0 spiro atoms. The van der Waals surface area contributed by atoms with E-state index in [1.54, 1.807) is 7.11 Å². The van der Waals surface area contributed by atoms with E-state index >= 15 is 0 Å². The number of methoxy groups -OCH3 is 1. The van der Waals surface area contributed by atoms with Crippen LogP contribution in [0, 0.1) is 0 Å². The first-order valence-electron chi connectivity index (χ1n) is 8.64. The first kappa shape index (κ1) is 18.3. The highest BCUT2D eigenvalue weighted by atomic mass is 35.5. The SMILES string of the molecule is COc1ccc(C[NH2+]Cc2cccc(OCc3ccc(Cl)cc3)c2)cc1. The van der Waals surface area contributed by atoms with Gasteiger partial charge in [0.05, 0.1) is 7.11 Å². The lowest BCUT2D eigenvalue weighted by Gasteiger charge is -2.08. The molecular formula is C22H23ClNO2+. The lowest BCUT2D eigenvalue weighted by Crippen LogP contribution is -2.80. The summed E-state index contributed by atoms with van der Waals surface area (Å²) in [5.41, 5.74) is 3.62. The van der Waals surface area contributed by atoms with E-state index in [1.807, 2.05) is 48.5 Å². The van der Waals surface area contributed by atoms with Crippen LogP contribution in [0.5, 0.6) is 11.5 Å². The molecule has 0 aliphatic heterocycles. The van der Waals surface area contributed by atoms with Gasteiger partial charge in [-0.3, -0.25) is 0 Å². The highest BCUT2D eigenvalue weighted by Crippen LogP contribution is 2.16. The van der Waals surface area contributed by atoms with Gasteiger partial charge in [-0.25, -0.2) is 0 Å². The molecule has 0 atom stereocenters. The van der Waals surface area contributed by atoms with E-state index in [1.165, 1.54) is 11.1 Å². The number of halogens is 1. The van der Waals surface area contributed by atoms with Crippen LogP contribution in [-0.4, -0.2) is 7.11 Å². The minimum atomic E-state index is 0.538. The predicted molar refractivity (Wildman–Crippen MR) is 105 cm³/mol.